The Morgan fingerprint density at radius 2 is 1.81 bits per heavy atom. The van der Waals surface area contributed by atoms with Crippen LogP contribution in [0.4, 0.5) is 0 Å². The Labute approximate surface area is 127 Å². The highest BCUT2D eigenvalue weighted by atomic mass is 16.5. The van der Waals surface area contributed by atoms with Gasteiger partial charge in [0, 0.05) is 32.2 Å². The molecule has 0 aliphatic heterocycles. The molecule has 112 valence electrons. The van der Waals surface area contributed by atoms with Crippen LogP contribution >= 0.6 is 0 Å². The minimum Gasteiger partial charge on any atom is -0.385 e. The Morgan fingerprint density at radius 3 is 2.52 bits per heavy atom. The summed E-state index contributed by atoms with van der Waals surface area (Å²) < 4.78 is 5.09. The van der Waals surface area contributed by atoms with Crippen molar-refractivity contribution in [3.63, 3.8) is 0 Å². The van der Waals surface area contributed by atoms with Crippen molar-refractivity contribution >= 4 is 0 Å². The van der Waals surface area contributed by atoms with Crippen molar-refractivity contribution < 1.29 is 4.74 Å². The topological polar surface area (TPSA) is 34.1 Å². The average molecular weight is 284 g/mol. The molecule has 3 nitrogen and oxygen atoms in total. The first-order valence-corrected chi connectivity index (χ1v) is 7.56. The standard InChI is InChI=1S/C18H24N2O/c1-21-14-6-5-11-20-18(17-7-3-2-4-8-17)15-16-9-12-19-13-10-16/h2-4,7-10,12-13,18,20H,5-6,11,14-15H2,1H3. The smallest absolute Gasteiger partial charge is 0.0462 e. The maximum absolute atomic E-state index is 5.09. The van der Waals surface area contributed by atoms with Gasteiger partial charge in [0.15, 0.2) is 0 Å². The van der Waals surface area contributed by atoms with Gasteiger partial charge in [-0.05, 0) is 49.1 Å². The monoisotopic (exact) mass is 284 g/mol. The highest BCUT2D eigenvalue weighted by molar-refractivity contribution is 5.22. The predicted octanol–water partition coefficient (Wildman–Crippen LogP) is 3.38. The van der Waals surface area contributed by atoms with E-state index in [1.54, 1.807) is 7.11 Å². The molecule has 0 saturated carbocycles. The van der Waals surface area contributed by atoms with Crippen LogP contribution in [0.5, 0.6) is 0 Å². The first-order chi connectivity index (χ1) is 10.4. The lowest BCUT2D eigenvalue weighted by Crippen LogP contribution is -2.24. The minimum atomic E-state index is 0.344. The normalized spacial score (nSPS) is 12.2. The van der Waals surface area contributed by atoms with Gasteiger partial charge in [0.1, 0.15) is 0 Å². The van der Waals surface area contributed by atoms with E-state index < -0.39 is 0 Å². The van der Waals surface area contributed by atoms with Gasteiger partial charge in [-0.2, -0.15) is 0 Å². The van der Waals surface area contributed by atoms with E-state index in [0.717, 1.165) is 32.4 Å². The number of aromatic nitrogens is 1. The lowest BCUT2D eigenvalue weighted by Gasteiger charge is -2.19. The van der Waals surface area contributed by atoms with E-state index in [9.17, 15) is 0 Å². The fourth-order valence-electron chi connectivity index (χ4n) is 2.40. The molecular formula is C18H24N2O. The van der Waals surface area contributed by atoms with Crippen LogP contribution in [-0.2, 0) is 11.2 Å². The van der Waals surface area contributed by atoms with Gasteiger partial charge in [-0.1, -0.05) is 30.3 Å². The fourth-order valence-corrected chi connectivity index (χ4v) is 2.40. The minimum absolute atomic E-state index is 0.344. The highest BCUT2D eigenvalue weighted by Gasteiger charge is 2.11. The second-order valence-electron chi connectivity index (χ2n) is 5.18. The van der Waals surface area contributed by atoms with Crippen molar-refractivity contribution in [2.24, 2.45) is 0 Å². The third-order valence-corrected chi connectivity index (χ3v) is 3.56. The van der Waals surface area contributed by atoms with Crippen molar-refractivity contribution in [2.45, 2.75) is 25.3 Å². The summed E-state index contributed by atoms with van der Waals surface area (Å²) >= 11 is 0. The Kier molecular flexibility index (Phi) is 6.92. The average Bonchev–Trinajstić information content (AvgIpc) is 2.55. The summed E-state index contributed by atoms with van der Waals surface area (Å²) in [6.07, 6.45) is 6.93. The largest absolute Gasteiger partial charge is 0.385 e. The van der Waals surface area contributed by atoms with Crippen LogP contribution in [0.2, 0.25) is 0 Å². The molecule has 0 radical (unpaired) electrons. The number of hydrogen-bond acceptors (Lipinski definition) is 3. The predicted molar refractivity (Wildman–Crippen MR) is 86.2 cm³/mol. The number of nitrogens with zero attached hydrogens (tertiary/aromatic N) is 1. The second kappa shape index (κ2) is 9.27. The van der Waals surface area contributed by atoms with Gasteiger partial charge in [0.25, 0.3) is 0 Å². The summed E-state index contributed by atoms with van der Waals surface area (Å²) in [6.45, 7) is 1.84. The number of nitrogens with one attached hydrogen (secondary N) is 1. The molecule has 2 aromatic rings. The zero-order valence-corrected chi connectivity index (χ0v) is 12.7. The van der Waals surface area contributed by atoms with Gasteiger partial charge in [-0.25, -0.2) is 0 Å². The Bertz CT molecular complexity index is 487. The summed E-state index contributed by atoms with van der Waals surface area (Å²) in [5, 5.41) is 3.67. The van der Waals surface area contributed by atoms with E-state index in [4.69, 9.17) is 4.74 Å². The van der Waals surface area contributed by atoms with Crippen LogP contribution in [0.25, 0.3) is 0 Å². The number of hydrogen-bond donors (Lipinski definition) is 1. The van der Waals surface area contributed by atoms with Crippen LogP contribution in [0.3, 0.4) is 0 Å². The van der Waals surface area contributed by atoms with Gasteiger partial charge >= 0.3 is 0 Å². The summed E-state index contributed by atoms with van der Waals surface area (Å²) in [6, 6.07) is 15.2. The van der Waals surface area contributed by atoms with E-state index in [2.05, 4.69) is 52.8 Å². The third kappa shape index (κ3) is 5.66. The molecule has 1 heterocycles. The maximum atomic E-state index is 5.09. The highest BCUT2D eigenvalue weighted by Crippen LogP contribution is 2.18. The zero-order valence-electron chi connectivity index (χ0n) is 12.7. The molecule has 0 aliphatic carbocycles. The van der Waals surface area contributed by atoms with Crippen molar-refractivity contribution in [1.82, 2.24) is 10.3 Å². The number of rotatable bonds is 9. The summed E-state index contributed by atoms with van der Waals surface area (Å²) in [5.74, 6) is 0. The Balaban J connectivity index is 1.94. The van der Waals surface area contributed by atoms with E-state index in [1.165, 1.54) is 11.1 Å². The molecule has 2 rings (SSSR count). The SMILES string of the molecule is COCCCCNC(Cc1ccncc1)c1ccccc1. The number of unbranched alkanes of at least 4 members (excludes halogenated alkanes) is 1. The molecule has 3 heteroatoms. The number of pyridine rings is 1. The fraction of sp³-hybridized carbons (Fsp3) is 0.389. The molecule has 1 N–H and O–H groups in total. The van der Waals surface area contributed by atoms with Crippen molar-refractivity contribution in [1.29, 1.82) is 0 Å². The van der Waals surface area contributed by atoms with Crippen molar-refractivity contribution in [2.75, 3.05) is 20.3 Å². The van der Waals surface area contributed by atoms with Gasteiger partial charge < -0.3 is 10.1 Å². The second-order valence-corrected chi connectivity index (χ2v) is 5.18. The van der Waals surface area contributed by atoms with Crippen LogP contribution in [0.15, 0.2) is 54.9 Å². The van der Waals surface area contributed by atoms with Crippen LogP contribution in [0, 0.1) is 0 Å². The first-order valence-electron chi connectivity index (χ1n) is 7.56. The molecule has 0 fully saturated rings. The number of benzene rings is 1. The first kappa shape index (κ1) is 15.7. The Hall–Kier alpha value is -1.71. The zero-order chi connectivity index (χ0) is 14.8. The molecule has 0 saturated heterocycles. The molecule has 1 atom stereocenters. The van der Waals surface area contributed by atoms with E-state index in [0.29, 0.717) is 6.04 Å². The molecule has 0 amide bonds. The van der Waals surface area contributed by atoms with Gasteiger partial charge in [0.2, 0.25) is 0 Å². The van der Waals surface area contributed by atoms with Crippen LogP contribution < -0.4 is 5.32 Å². The molecular weight excluding hydrogens is 260 g/mol. The molecule has 1 aromatic heterocycles. The van der Waals surface area contributed by atoms with Gasteiger partial charge in [-0.15, -0.1) is 0 Å². The maximum Gasteiger partial charge on any atom is 0.0462 e. The van der Waals surface area contributed by atoms with Crippen LogP contribution in [0.1, 0.15) is 30.0 Å². The van der Waals surface area contributed by atoms with Gasteiger partial charge in [0.05, 0.1) is 0 Å². The van der Waals surface area contributed by atoms with Crippen molar-refractivity contribution in [3.05, 3.63) is 66.0 Å². The lowest BCUT2D eigenvalue weighted by molar-refractivity contribution is 0.192. The molecule has 21 heavy (non-hydrogen) atoms. The molecule has 1 unspecified atom stereocenters. The van der Waals surface area contributed by atoms with Crippen LogP contribution in [-0.4, -0.2) is 25.2 Å². The number of ether oxygens (including phenoxy) is 1. The summed E-state index contributed by atoms with van der Waals surface area (Å²) in [4.78, 5) is 4.09. The van der Waals surface area contributed by atoms with Gasteiger partial charge in [-0.3, -0.25) is 4.98 Å². The molecule has 0 aliphatic rings. The Morgan fingerprint density at radius 1 is 1.05 bits per heavy atom. The van der Waals surface area contributed by atoms with E-state index >= 15 is 0 Å². The third-order valence-electron chi connectivity index (χ3n) is 3.56. The molecule has 0 bridgehead atoms. The molecule has 0 spiro atoms. The summed E-state index contributed by atoms with van der Waals surface area (Å²) in [7, 11) is 1.75. The quantitative estimate of drug-likeness (QED) is 0.717. The van der Waals surface area contributed by atoms with E-state index in [1.807, 2.05) is 12.4 Å². The van der Waals surface area contributed by atoms with Crippen molar-refractivity contribution in [3.8, 4) is 0 Å². The lowest BCUT2D eigenvalue weighted by atomic mass is 9.99. The summed E-state index contributed by atoms with van der Waals surface area (Å²) in [5.41, 5.74) is 2.64. The number of methoxy groups -OCH3 is 1. The molecule has 1 aromatic carbocycles. The van der Waals surface area contributed by atoms with E-state index in [-0.39, 0.29) is 0 Å².